The number of rotatable bonds is 12. The van der Waals surface area contributed by atoms with Gasteiger partial charge in [0.15, 0.2) is 0 Å². The SMILES string of the molecule is CCCCCCCC1(CCCCCCC)Nc2c(C#N)c(C#N)c(C#N)c(C#N)c2N1. The van der Waals surface area contributed by atoms with Gasteiger partial charge in [0, 0.05) is 0 Å². The second kappa shape index (κ2) is 11.8. The second-order valence-electron chi connectivity index (χ2n) is 8.36. The molecule has 1 aliphatic rings. The van der Waals surface area contributed by atoms with Crippen molar-refractivity contribution in [1.82, 2.24) is 0 Å². The van der Waals surface area contributed by atoms with Crippen LogP contribution in [0.4, 0.5) is 11.4 Å². The van der Waals surface area contributed by atoms with Gasteiger partial charge in [-0.3, -0.25) is 0 Å². The van der Waals surface area contributed by atoms with Crippen molar-refractivity contribution in [2.24, 2.45) is 0 Å². The lowest BCUT2D eigenvalue weighted by molar-refractivity contribution is 0.413. The summed E-state index contributed by atoms with van der Waals surface area (Å²) in [5.74, 6) is 0. The molecule has 31 heavy (non-hydrogen) atoms. The molecule has 0 fully saturated rings. The number of nitriles is 4. The predicted octanol–water partition coefficient (Wildman–Crippen LogP) is 6.43. The van der Waals surface area contributed by atoms with Crippen molar-refractivity contribution >= 4 is 11.4 Å². The first-order valence-corrected chi connectivity index (χ1v) is 11.5. The van der Waals surface area contributed by atoms with Gasteiger partial charge in [-0.1, -0.05) is 65.2 Å². The van der Waals surface area contributed by atoms with E-state index in [0.29, 0.717) is 11.4 Å². The van der Waals surface area contributed by atoms with E-state index in [1.54, 1.807) is 0 Å². The molecule has 6 nitrogen and oxygen atoms in total. The maximum Gasteiger partial charge on any atom is 0.108 e. The van der Waals surface area contributed by atoms with Crippen molar-refractivity contribution < 1.29 is 0 Å². The largest absolute Gasteiger partial charge is 0.360 e. The van der Waals surface area contributed by atoms with E-state index in [9.17, 15) is 21.0 Å². The van der Waals surface area contributed by atoms with Crippen molar-refractivity contribution in [1.29, 1.82) is 21.0 Å². The van der Waals surface area contributed by atoms with Crippen molar-refractivity contribution in [2.75, 3.05) is 10.6 Å². The van der Waals surface area contributed by atoms with Crippen molar-refractivity contribution in [3.63, 3.8) is 0 Å². The van der Waals surface area contributed by atoms with Gasteiger partial charge in [0.05, 0.1) is 33.6 Å². The summed E-state index contributed by atoms with van der Waals surface area (Å²) < 4.78 is 0. The highest BCUT2D eigenvalue weighted by Gasteiger charge is 2.40. The monoisotopic (exact) mass is 416 g/mol. The minimum absolute atomic E-state index is 0.0173. The summed E-state index contributed by atoms with van der Waals surface area (Å²) in [6.45, 7) is 4.39. The van der Waals surface area contributed by atoms with Crippen LogP contribution < -0.4 is 10.6 Å². The lowest BCUT2D eigenvalue weighted by Gasteiger charge is -2.31. The van der Waals surface area contributed by atoms with Crippen LogP contribution in [0.15, 0.2) is 0 Å². The Labute approximate surface area is 186 Å². The van der Waals surface area contributed by atoms with Gasteiger partial charge in [-0.15, -0.1) is 0 Å². The van der Waals surface area contributed by atoms with Gasteiger partial charge in [-0.05, 0) is 25.7 Å². The molecule has 0 aliphatic carbocycles. The van der Waals surface area contributed by atoms with Gasteiger partial charge in [0.2, 0.25) is 0 Å². The molecular weight excluding hydrogens is 384 g/mol. The smallest absolute Gasteiger partial charge is 0.108 e. The highest BCUT2D eigenvalue weighted by atomic mass is 15.3. The van der Waals surface area contributed by atoms with E-state index in [4.69, 9.17) is 0 Å². The summed E-state index contributed by atoms with van der Waals surface area (Å²) in [7, 11) is 0. The van der Waals surface area contributed by atoms with E-state index < -0.39 is 5.66 Å². The Morgan fingerprint density at radius 2 is 0.903 bits per heavy atom. The molecule has 0 bridgehead atoms. The van der Waals surface area contributed by atoms with Crippen molar-refractivity contribution in [3.8, 4) is 24.3 Å². The molecular formula is C25H32N6. The normalized spacial score (nSPS) is 13.1. The summed E-state index contributed by atoms with van der Waals surface area (Å²) in [5, 5.41) is 45.7. The number of benzene rings is 1. The minimum Gasteiger partial charge on any atom is -0.360 e. The zero-order valence-corrected chi connectivity index (χ0v) is 18.8. The third-order valence-electron chi connectivity index (χ3n) is 6.09. The van der Waals surface area contributed by atoms with E-state index in [-0.39, 0.29) is 22.3 Å². The van der Waals surface area contributed by atoms with Gasteiger partial charge < -0.3 is 10.6 Å². The van der Waals surface area contributed by atoms with Crippen LogP contribution >= 0.6 is 0 Å². The van der Waals surface area contributed by atoms with Crippen LogP contribution in [0.1, 0.15) is 113 Å². The molecule has 0 saturated carbocycles. The highest BCUT2D eigenvalue weighted by Crippen LogP contribution is 2.45. The van der Waals surface area contributed by atoms with Gasteiger partial charge in [0.25, 0.3) is 0 Å². The topological polar surface area (TPSA) is 119 Å². The molecule has 0 atom stereocenters. The van der Waals surface area contributed by atoms with Gasteiger partial charge >= 0.3 is 0 Å². The van der Waals surface area contributed by atoms with E-state index in [1.807, 2.05) is 12.1 Å². The van der Waals surface area contributed by atoms with E-state index in [0.717, 1.165) is 38.5 Å². The number of hydrogen-bond donors (Lipinski definition) is 2. The molecule has 6 heteroatoms. The van der Waals surface area contributed by atoms with E-state index in [1.165, 1.54) is 38.5 Å². The molecule has 2 N–H and O–H groups in total. The van der Waals surface area contributed by atoms with Crippen LogP contribution in [0.5, 0.6) is 0 Å². The first kappa shape index (κ1) is 24.1. The van der Waals surface area contributed by atoms with Gasteiger partial charge in [0.1, 0.15) is 29.9 Å². The fourth-order valence-corrected chi connectivity index (χ4v) is 4.39. The molecule has 0 spiro atoms. The standard InChI is InChI=1S/C25H32N6/c1-3-5-7-9-11-13-25(14-12-10-8-6-4-2)30-23-21(17-28)19(15-26)20(16-27)22(18-29)24(23)31-25/h30-31H,3-14H2,1-2H3. The maximum atomic E-state index is 9.75. The molecule has 2 rings (SSSR count). The zero-order chi connectivity index (χ0) is 22.7. The van der Waals surface area contributed by atoms with E-state index >= 15 is 0 Å². The summed E-state index contributed by atoms with van der Waals surface area (Å²) >= 11 is 0. The zero-order valence-electron chi connectivity index (χ0n) is 18.8. The molecule has 162 valence electrons. The average Bonchev–Trinajstić information content (AvgIpc) is 3.16. The summed E-state index contributed by atoms with van der Waals surface area (Å²) in [6.07, 6.45) is 13.3. The molecule has 1 heterocycles. The molecule has 0 aromatic heterocycles. The Balaban J connectivity index is 2.36. The van der Waals surface area contributed by atoms with Crippen LogP contribution in [0.3, 0.4) is 0 Å². The van der Waals surface area contributed by atoms with Crippen molar-refractivity contribution in [3.05, 3.63) is 22.3 Å². The third-order valence-corrected chi connectivity index (χ3v) is 6.09. The third kappa shape index (κ3) is 5.48. The Morgan fingerprint density at radius 3 is 1.23 bits per heavy atom. The summed E-state index contributed by atoms with van der Waals surface area (Å²) in [4.78, 5) is 0. The number of unbranched alkanes of at least 4 members (excludes halogenated alkanes) is 8. The molecule has 0 radical (unpaired) electrons. The summed E-state index contributed by atoms with van der Waals surface area (Å²) in [5.41, 5.74) is 0.804. The first-order valence-electron chi connectivity index (χ1n) is 11.5. The minimum atomic E-state index is -0.460. The molecule has 1 aromatic rings. The van der Waals surface area contributed by atoms with Crippen LogP contribution in [-0.4, -0.2) is 5.66 Å². The van der Waals surface area contributed by atoms with Gasteiger partial charge in [-0.2, -0.15) is 21.0 Å². The Hall–Kier alpha value is -3.22. The second-order valence-corrected chi connectivity index (χ2v) is 8.36. The van der Waals surface area contributed by atoms with Crippen LogP contribution in [0.25, 0.3) is 0 Å². The number of nitrogens with one attached hydrogen (secondary N) is 2. The fourth-order valence-electron chi connectivity index (χ4n) is 4.39. The Morgan fingerprint density at radius 1 is 0.548 bits per heavy atom. The van der Waals surface area contributed by atoms with Crippen LogP contribution in [0.2, 0.25) is 0 Å². The Bertz CT molecular complexity index is 858. The number of hydrogen-bond acceptors (Lipinski definition) is 6. The Kier molecular flexibility index (Phi) is 9.18. The quantitative estimate of drug-likeness (QED) is 0.379. The van der Waals surface area contributed by atoms with Gasteiger partial charge in [-0.25, -0.2) is 0 Å². The number of anilines is 2. The predicted molar refractivity (Wildman–Crippen MR) is 122 cm³/mol. The van der Waals surface area contributed by atoms with E-state index in [2.05, 4.69) is 36.6 Å². The average molecular weight is 417 g/mol. The molecule has 0 saturated heterocycles. The molecule has 1 aromatic carbocycles. The summed E-state index contributed by atoms with van der Waals surface area (Å²) in [6, 6.07) is 8.12. The number of fused-ring (bicyclic) bond motifs is 1. The fraction of sp³-hybridized carbons (Fsp3) is 0.600. The maximum absolute atomic E-state index is 9.75. The number of nitrogens with zero attached hydrogens (tertiary/aromatic N) is 4. The highest BCUT2D eigenvalue weighted by molar-refractivity contribution is 5.91. The lowest BCUT2D eigenvalue weighted by Crippen LogP contribution is -2.42. The first-order chi connectivity index (χ1) is 15.1. The lowest BCUT2D eigenvalue weighted by atomic mass is 9.94. The molecule has 1 aliphatic heterocycles. The van der Waals surface area contributed by atoms with Crippen LogP contribution in [0, 0.1) is 45.3 Å². The molecule has 0 unspecified atom stereocenters. The molecule has 0 amide bonds. The van der Waals surface area contributed by atoms with Crippen LogP contribution in [-0.2, 0) is 0 Å². The van der Waals surface area contributed by atoms with Crippen molar-refractivity contribution in [2.45, 2.75) is 96.6 Å².